The van der Waals surface area contributed by atoms with Crippen molar-refractivity contribution in [2.75, 3.05) is 7.11 Å². The normalized spacial score (nSPS) is 10.9. The molecule has 0 unspecified atom stereocenters. The fourth-order valence-corrected chi connectivity index (χ4v) is 2.81. The van der Waals surface area contributed by atoms with E-state index in [0.717, 1.165) is 21.5 Å². The van der Waals surface area contributed by atoms with Gasteiger partial charge in [-0.3, -0.25) is 4.99 Å². The van der Waals surface area contributed by atoms with Gasteiger partial charge in [0.1, 0.15) is 23.9 Å². The summed E-state index contributed by atoms with van der Waals surface area (Å²) in [5.41, 5.74) is 2.28. The maximum absolute atomic E-state index is 13.6. The number of ether oxygens (including phenoxy) is 2. The molecule has 0 spiro atoms. The van der Waals surface area contributed by atoms with Gasteiger partial charge in [0.25, 0.3) is 0 Å². The molecule has 0 saturated heterocycles. The lowest BCUT2D eigenvalue weighted by Crippen LogP contribution is -1.99. The number of rotatable bonds is 6. The lowest BCUT2D eigenvalue weighted by molar-refractivity contribution is 0.298. The van der Waals surface area contributed by atoms with E-state index in [2.05, 4.69) is 20.9 Å². The minimum Gasteiger partial charge on any atom is -0.497 e. The Labute approximate surface area is 160 Å². The molecule has 5 heteroatoms. The Hall–Kier alpha value is -2.66. The molecule has 132 valence electrons. The molecule has 3 aromatic rings. The van der Waals surface area contributed by atoms with E-state index in [4.69, 9.17) is 9.47 Å². The highest BCUT2D eigenvalue weighted by atomic mass is 79.9. The largest absolute Gasteiger partial charge is 0.497 e. The van der Waals surface area contributed by atoms with Crippen LogP contribution in [0.3, 0.4) is 0 Å². The molecule has 3 nitrogen and oxygen atoms in total. The van der Waals surface area contributed by atoms with Crippen LogP contribution in [0, 0.1) is 5.82 Å². The Morgan fingerprint density at radius 2 is 1.81 bits per heavy atom. The van der Waals surface area contributed by atoms with E-state index in [1.54, 1.807) is 31.5 Å². The molecule has 0 aliphatic heterocycles. The number of hydrogen-bond donors (Lipinski definition) is 0. The van der Waals surface area contributed by atoms with E-state index in [9.17, 15) is 4.39 Å². The predicted molar refractivity (Wildman–Crippen MR) is 105 cm³/mol. The van der Waals surface area contributed by atoms with Crippen LogP contribution in [0.15, 0.2) is 76.2 Å². The quantitative estimate of drug-likeness (QED) is 0.469. The highest BCUT2D eigenvalue weighted by Gasteiger charge is 2.05. The molecule has 0 fully saturated rings. The number of aliphatic imine (C=N–C) groups is 1. The SMILES string of the molecule is COc1ccc(N=Cc2ccc(OCc3ccccc3F)c(Br)c2)cc1. The zero-order valence-corrected chi connectivity index (χ0v) is 15.7. The summed E-state index contributed by atoms with van der Waals surface area (Å²) < 4.78 is 25.3. The summed E-state index contributed by atoms with van der Waals surface area (Å²) in [5.74, 6) is 1.17. The Balaban J connectivity index is 1.66. The van der Waals surface area contributed by atoms with Crippen LogP contribution >= 0.6 is 15.9 Å². The van der Waals surface area contributed by atoms with Crippen LogP contribution in [0.4, 0.5) is 10.1 Å². The molecule has 0 aliphatic carbocycles. The summed E-state index contributed by atoms with van der Waals surface area (Å²) in [7, 11) is 1.63. The summed E-state index contributed by atoms with van der Waals surface area (Å²) in [5, 5.41) is 0. The molecule has 0 amide bonds. The van der Waals surface area contributed by atoms with Gasteiger partial charge in [-0.1, -0.05) is 18.2 Å². The molecule has 0 bridgehead atoms. The van der Waals surface area contributed by atoms with Crippen molar-refractivity contribution in [2.45, 2.75) is 6.61 Å². The van der Waals surface area contributed by atoms with Gasteiger partial charge >= 0.3 is 0 Å². The Kier molecular flexibility index (Phi) is 6.02. The molecule has 0 atom stereocenters. The Morgan fingerprint density at radius 1 is 1.04 bits per heavy atom. The number of hydrogen-bond acceptors (Lipinski definition) is 3. The van der Waals surface area contributed by atoms with Gasteiger partial charge in [0.15, 0.2) is 0 Å². The van der Waals surface area contributed by atoms with E-state index in [0.29, 0.717) is 11.3 Å². The molecule has 0 saturated carbocycles. The van der Waals surface area contributed by atoms with Crippen LogP contribution < -0.4 is 9.47 Å². The lowest BCUT2D eigenvalue weighted by Gasteiger charge is -2.09. The average Bonchev–Trinajstić information content (AvgIpc) is 2.67. The first-order valence-electron chi connectivity index (χ1n) is 7.99. The summed E-state index contributed by atoms with van der Waals surface area (Å²) in [6, 6.07) is 19.7. The van der Waals surface area contributed by atoms with Crippen LogP contribution in [0.2, 0.25) is 0 Å². The zero-order valence-electron chi connectivity index (χ0n) is 14.2. The first-order valence-corrected chi connectivity index (χ1v) is 8.79. The van der Waals surface area contributed by atoms with Crippen molar-refractivity contribution in [1.29, 1.82) is 0 Å². The van der Waals surface area contributed by atoms with Gasteiger partial charge in [-0.2, -0.15) is 0 Å². The highest BCUT2D eigenvalue weighted by Crippen LogP contribution is 2.27. The van der Waals surface area contributed by atoms with Crippen LogP contribution in [-0.4, -0.2) is 13.3 Å². The van der Waals surface area contributed by atoms with Gasteiger partial charge < -0.3 is 9.47 Å². The third kappa shape index (κ3) is 4.70. The van der Waals surface area contributed by atoms with Crippen molar-refractivity contribution in [3.63, 3.8) is 0 Å². The van der Waals surface area contributed by atoms with E-state index in [1.165, 1.54) is 6.07 Å². The van der Waals surface area contributed by atoms with Crippen LogP contribution in [0.1, 0.15) is 11.1 Å². The van der Waals surface area contributed by atoms with E-state index in [-0.39, 0.29) is 12.4 Å². The van der Waals surface area contributed by atoms with E-state index in [1.807, 2.05) is 42.5 Å². The fraction of sp³-hybridized carbons (Fsp3) is 0.0952. The lowest BCUT2D eigenvalue weighted by atomic mass is 10.2. The molecule has 0 aliphatic rings. The van der Waals surface area contributed by atoms with Crippen LogP contribution in [-0.2, 0) is 6.61 Å². The Bertz CT molecular complexity index is 910. The van der Waals surface area contributed by atoms with Gasteiger partial charge in [0.05, 0.1) is 17.3 Å². The molecule has 3 aromatic carbocycles. The maximum Gasteiger partial charge on any atom is 0.134 e. The van der Waals surface area contributed by atoms with Crippen molar-refractivity contribution < 1.29 is 13.9 Å². The predicted octanol–water partition coefficient (Wildman–Crippen LogP) is 5.93. The van der Waals surface area contributed by atoms with Crippen molar-refractivity contribution >= 4 is 27.8 Å². The standard InChI is InChI=1S/C21H17BrFNO2/c1-25-18-9-7-17(8-10-18)24-13-15-6-11-21(19(22)12-15)26-14-16-4-2-3-5-20(16)23/h2-13H,14H2,1H3. The maximum atomic E-state index is 13.6. The Morgan fingerprint density at radius 3 is 2.50 bits per heavy atom. The van der Waals surface area contributed by atoms with Crippen molar-refractivity contribution in [2.24, 2.45) is 4.99 Å². The van der Waals surface area contributed by atoms with Crippen LogP contribution in [0.25, 0.3) is 0 Å². The summed E-state index contributed by atoms with van der Waals surface area (Å²) in [4.78, 5) is 4.44. The molecule has 3 rings (SSSR count). The summed E-state index contributed by atoms with van der Waals surface area (Å²) >= 11 is 3.49. The van der Waals surface area contributed by atoms with Crippen LogP contribution in [0.5, 0.6) is 11.5 Å². The molecule has 0 heterocycles. The zero-order chi connectivity index (χ0) is 18.4. The molecule has 0 N–H and O–H groups in total. The molecule has 0 aromatic heterocycles. The molecule has 0 radical (unpaired) electrons. The number of halogens is 2. The van der Waals surface area contributed by atoms with Crippen molar-refractivity contribution in [3.8, 4) is 11.5 Å². The fourth-order valence-electron chi connectivity index (χ4n) is 2.30. The highest BCUT2D eigenvalue weighted by molar-refractivity contribution is 9.10. The van der Waals surface area contributed by atoms with Gasteiger partial charge in [-0.15, -0.1) is 0 Å². The van der Waals surface area contributed by atoms with Gasteiger partial charge in [0, 0.05) is 11.8 Å². The summed E-state index contributed by atoms with van der Waals surface area (Å²) in [6.07, 6.45) is 1.77. The van der Waals surface area contributed by atoms with E-state index < -0.39 is 0 Å². The second-order valence-electron chi connectivity index (χ2n) is 5.53. The minimum atomic E-state index is -0.271. The minimum absolute atomic E-state index is 0.171. The topological polar surface area (TPSA) is 30.8 Å². The third-order valence-corrected chi connectivity index (χ3v) is 4.35. The number of benzene rings is 3. The first kappa shape index (κ1) is 18.1. The summed E-state index contributed by atoms with van der Waals surface area (Å²) in [6.45, 7) is 0.171. The molecule has 26 heavy (non-hydrogen) atoms. The second-order valence-corrected chi connectivity index (χ2v) is 6.38. The average molecular weight is 414 g/mol. The first-order chi connectivity index (χ1) is 12.7. The smallest absolute Gasteiger partial charge is 0.134 e. The van der Waals surface area contributed by atoms with Gasteiger partial charge in [-0.05, 0) is 70.0 Å². The van der Waals surface area contributed by atoms with E-state index >= 15 is 0 Å². The van der Waals surface area contributed by atoms with Crippen molar-refractivity contribution in [1.82, 2.24) is 0 Å². The monoisotopic (exact) mass is 413 g/mol. The molecular weight excluding hydrogens is 397 g/mol. The number of nitrogens with zero attached hydrogens (tertiary/aromatic N) is 1. The van der Waals surface area contributed by atoms with Crippen molar-refractivity contribution in [3.05, 3.63) is 88.1 Å². The molecular formula is C21H17BrFNO2. The number of methoxy groups -OCH3 is 1. The van der Waals surface area contributed by atoms with Gasteiger partial charge in [0.2, 0.25) is 0 Å². The third-order valence-electron chi connectivity index (χ3n) is 3.73. The second kappa shape index (κ2) is 8.63. The van der Waals surface area contributed by atoms with Gasteiger partial charge in [-0.25, -0.2) is 4.39 Å².